The fourth-order valence-corrected chi connectivity index (χ4v) is 4.27. The lowest BCUT2D eigenvalue weighted by Crippen LogP contribution is -2.33. The summed E-state index contributed by atoms with van der Waals surface area (Å²) in [6, 6.07) is 20.0. The summed E-state index contributed by atoms with van der Waals surface area (Å²) >= 11 is 12.3. The maximum absolute atomic E-state index is 11.4. The van der Waals surface area contributed by atoms with Crippen LogP contribution in [0.25, 0.3) is 0 Å². The molecule has 0 saturated carbocycles. The van der Waals surface area contributed by atoms with Crippen molar-refractivity contribution in [1.29, 1.82) is 0 Å². The molecule has 0 spiro atoms. The number of hydrazone groups is 1. The minimum atomic E-state index is -0.624. The van der Waals surface area contributed by atoms with Crippen LogP contribution in [0.1, 0.15) is 35.4 Å². The van der Waals surface area contributed by atoms with Crippen molar-refractivity contribution < 1.29 is 9.66 Å². The molecule has 8 heteroatoms. The van der Waals surface area contributed by atoms with Gasteiger partial charge in [0.1, 0.15) is 10.8 Å². The Balaban J connectivity index is 1.62. The van der Waals surface area contributed by atoms with Crippen LogP contribution >= 0.6 is 23.2 Å². The van der Waals surface area contributed by atoms with Crippen molar-refractivity contribution in [3.8, 4) is 5.75 Å². The number of hydrogen-bond donors (Lipinski definition) is 0. The molecule has 0 saturated heterocycles. The molecule has 0 unspecified atom stereocenters. The van der Waals surface area contributed by atoms with Crippen LogP contribution < -0.4 is 4.74 Å². The molecule has 3 aromatic carbocycles. The van der Waals surface area contributed by atoms with E-state index in [1.807, 2.05) is 47.5 Å². The first-order chi connectivity index (χ1) is 14.5. The van der Waals surface area contributed by atoms with E-state index in [1.54, 1.807) is 12.1 Å². The van der Waals surface area contributed by atoms with E-state index >= 15 is 0 Å². The number of ether oxygens (including phenoxy) is 1. The number of nitrogens with zero attached hydrogens (tertiary/aromatic N) is 3. The highest BCUT2D eigenvalue weighted by Gasteiger charge is 2.41. The lowest BCUT2D eigenvalue weighted by Gasteiger charge is -2.38. The maximum atomic E-state index is 11.4. The van der Waals surface area contributed by atoms with E-state index in [2.05, 4.69) is 0 Å². The molecule has 0 amide bonds. The summed E-state index contributed by atoms with van der Waals surface area (Å²) in [5, 5.41) is 18.8. The van der Waals surface area contributed by atoms with Crippen LogP contribution in [0, 0.1) is 10.1 Å². The zero-order valence-corrected chi connectivity index (χ0v) is 17.0. The predicted octanol–water partition coefficient (Wildman–Crippen LogP) is 6.14. The summed E-state index contributed by atoms with van der Waals surface area (Å²) in [5.74, 6) is 0.688. The number of nitro benzene ring substituents is 1. The molecule has 0 fully saturated rings. The Morgan fingerprint density at radius 1 is 1.07 bits per heavy atom. The average molecular weight is 440 g/mol. The van der Waals surface area contributed by atoms with Crippen molar-refractivity contribution in [3.63, 3.8) is 0 Å². The van der Waals surface area contributed by atoms with Crippen LogP contribution in [0.2, 0.25) is 10.0 Å². The second-order valence-electron chi connectivity index (χ2n) is 7.13. The van der Waals surface area contributed by atoms with Gasteiger partial charge in [0, 0.05) is 28.6 Å². The fourth-order valence-electron chi connectivity index (χ4n) is 3.91. The molecule has 0 aliphatic carbocycles. The molecule has 2 aliphatic rings. The molecule has 0 radical (unpaired) electrons. The van der Waals surface area contributed by atoms with Crippen LogP contribution in [-0.4, -0.2) is 15.6 Å². The topological polar surface area (TPSA) is 68.0 Å². The molecule has 3 aromatic rings. The summed E-state index contributed by atoms with van der Waals surface area (Å²) < 4.78 is 6.24. The third-order valence-electron chi connectivity index (χ3n) is 5.31. The highest BCUT2D eigenvalue weighted by atomic mass is 35.5. The normalized spacial score (nSPS) is 19.5. The van der Waals surface area contributed by atoms with Crippen molar-refractivity contribution in [2.24, 2.45) is 5.10 Å². The van der Waals surface area contributed by atoms with E-state index in [0.29, 0.717) is 22.8 Å². The first-order valence-corrected chi connectivity index (χ1v) is 10.1. The zero-order chi connectivity index (χ0) is 20.8. The maximum Gasteiger partial charge on any atom is 0.288 e. The van der Waals surface area contributed by atoms with Gasteiger partial charge in [0.15, 0.2) is 0 Å². The molecule has 2 heterocycles. The molecule has 5 rings (SSSR count). The Labute approximate surface area is 182 Å². The fraction of sp³-hybridized carbons (Fsp3) is 0.136. The minimum Gasteiger partial charge on any atom is -0.464 e. The van der Waals surface area contributed by atoms with Crippen LogP contribution in [0.4, 0.5) is 5.69 Å². The summed E-state index contributed by atoms with van der Waals surface area (Å²) in [7, 11) is 0. The summed E-state index contributed by atoms with van der Waals surface area (Å²) in [4.78, 5) is 10.9. The van der Waals surface area contributed by atoms with Gasteiger partial charge in [0.05, 0.1) is 16.7 Å². The van der Waals surface area contributed by atoms with Crippen molar-refractivity contribution in [2.45, 2.75) is 18.7 Å². The standard InChI is InChI=1S/C22H15Cl2N3O3/c23-15-7-9-21-16(11-15)19-12-18(13-4-2-1-3-5-13)25-26(19)22(30-21)14-6-8-17(24)20(10-14)27(28)29/h1-11,19,22H,12H2/t19-,22-/m0/s1. The number of benzene rings is 3. The Kier molecular flexibility index (Phi) is 4.60. The van der Waals surface area contributed by atoms with Crippen LogP contribution in [0.3, 0.4) is 0 Å². The summed E-state index contributed by atoms with van der Waals surface area (Å²) in [6.07, 6.45) is 0.0493. The van der Waals surface area contributed by atoms with Gasteiger partial charge in [-0.15, -0.1) is 0 Å². The highest BCUT2D eigenvalue weighted by Crippen LogP contribution is 2.48. The van der Waals surface area contributed by atoms with Gasteiger partial charge in [0.25, 0.3) is 5.69 Å². The average Bonchev–Trinajstić information content (AvgIpc) is 3.20. The highest BCUT2D eigenvalue weighted by molar-refractivity contribution is 6.32. The minimum absolute atomic E-state index is 0.0817. The summed E-state index contributed by atoms with van der Waals surface area (Å²) in [5.41, 5.74) is 3.33. The molecular weight excluding hydrogens is 425 g/mol. The smallest absolute Gasteiger partial charge is 0.288 e. The first kappa shape index (κ1) is 18.9. The van der Waals surface area contributed by atoms with Crippen LogP contribution in [0.5, 0.6) is 5.75 Å². The number of rotatable bonds is 3. The third kappa shape index (κ3) is 3.18. The molecule has 2 atom stereocenters. The monoisotopic (exact) mass is 439 g/mol. The van der Waals surface area contributed by atoms with Crippen molar-refractivity contribution in [1.82, 2.24) is 5.01 Å². The SMILES string of the molecule is O=[N+]([O-])c1cc([C@@H]2Oc3ccc(Cl)cc3[C@@H]3CC(c4ccccc4)=NN32)ccc1Cl. The Morgan fingerprint density at radius 3 is 2.63 bits per heavy atom. The molecule has 150 valence electrons. The molecule has 0 N–H and O–H groups in total. The molecule has 0 aromatic heterocycles. The van der Waals surface area contributed by atoms with Crippen LogP contribution in [0.15, 0.2) is 71.8 Å². The Hall–Kier alpha value is -3.09. The van der Waals surface area contributed by atoms with Gasteiger partial charge in [-0.1, -0.05) is 59.6 Å². The van der Waals surface area contributed by atoms with Crippen molar-refractivity contribution in [2.75, 3.05) is 0 Å². The number of hydrogen-bond acceptors (Lipinski definition) is 5. The van der Waals surface area contributed by atoms with Gasteiger partial charge in [-0.05, 0) is 29.8 Å². The van der Waals surface area contributed by atoms with E-state index in [1.165, 1.54) is 12.1 Å². The molecule has 0 bridgehead atoms. The van der Waals surface area contributed by atoms with Gasteiger partial charge < -0.3 is 4.74 Å². The second kappa shape index (κ2) is 7.31. The predicted molar refractivity (Wildman–Crippen MR) is 115 cm³/mol. The molecule has 2 aliphatic heterocycles. The number of nitro groups is 1. The van der Waals surface area contributed by atoms with Gasteiger partial charge in [-0.3, -0.25) is 10.1 Å². The van der Waals surface area contributed by atoms with Gasteiger partial charge in [-0.2, -0.15) is 5.10 Å². The van der Waals surface area contributed by atoms with E-state index in [9.17, 15) is 10.1 Å². The quantitative estimate of drug-likeness (QED) is 0.362. The van der Waals surface area contributed by atoms with E-state index in [0.717, 1.165) is 16.8 Å². The largest absolute Gasteiger partial charge is 0.464 e. The lowest BCUT2D eigenvalue weighted by molar-refractivity contribution is -0.384. The Morgan fingerprint density at radius 2 is 1.87 bits per heavy atom. The van der Waals surface area contributed by atoms with Crippen LogP contribution in [-0.2, 0) is 0 Å². The lowest BCUT2D eigenvalue weighted by atomic mass is 9.96. The van der Waals surface area contributed by atoms with Gasteiger partial charge >= 0.3 is 0 Å². The van der Waals surface area contributed by atoms with E-state index < -0.39 is 11.2 Å². The van der Waals surface area contributed by atoms with Crippen molar-refractivity contribution >= 4 is 34.6 Å². The first-order valence-electron chi connectivity index (χ1n) is 9.32. The zero-order valence-electron chi connectivity index (χ0n) is 15.5. The summed E-state index contributed by atoms with van der Waals surface area (Å²) in [6.45, 7) is 0. The second-order valence-corrected chi connectivity index (χ2v) is 7.98. The van der Waals surface area contributed by atoms with E-state index in [4.69, 9.17) is 33.0 Å². The Bertz CT molecular complexity index is 1180. The molecule has 30 heavy (non-hydrogen) atoms. The van der Waals surface area contributed by atoms with Gasteiger partial charge in [0.2, 0.25) is 6.23 Å². The molecular formula is C22H15Cl2N3O3. The van der Waals surface area contributed by atoms with Gasteiger partial charge in [-0.25, -0.2) is 5.01 Å². The number of halogens is 2. The molecule has 6 nitrogen and oxygen atoms in total. The van der Waals surface area contributed by atoms with Crippen molar-refractivity contribution in [3.05, 3.63) is 104 Å². The third-order valence-corrected chi connectivity index (χ3v) is 5.87. The van der Waals surface area contributed by atoms with E-state index in [-0.39, 0.29) is 16.8 Å². The number of fused-ring (bicyclic) bond motifs is 3.